The molecule has 124 valence electrons. The maximum Gasteiger partial charge on any atom is 0.185 e. The van der Waals surface area contributed by atoms with Crippen molar-refractivity contribution in [1.82, 2.24) is 0 Å². The van der Waals surface area contributed by atoms with Crippen molar-refractivity contribution in [2.75, 3.05) is 7.11 Å². The van der Waals surface area contributed by atoms with Gasteiger partial charge in [0.15, 0.2) is 17.3 Å². The van der Waals surface area contributed by atoms with Crippen molar-refractivity contribution in [2.24, 2.45) is 0 Å². The minimum atomic E-state index is -0.130. The quantitative estimate of drug-likeness (QED) is 0.506. The van der Waals surface area contributed by atoms with Gasteiger partial charge in [0, 0.05) is 28.6 Å². The van der Waals surface area contributed by atoms with Crippen LogP contribution in [0.3, 0.4) is 0 Å². The Morgan fingerprint density at radius 3 is 2.12 bits per heavy atom. The van der Waals surface area contributed by atoms with Gasteiger partial charge in [0.2, 0.25) is 0 Å². The summed E-state index contributed by atoms with van der Waals surface area (Å²) in [4.78, 5) is 11.9. The molecule has 2 saturated carbocycles. The number of carbonyl (C=O) groups excluding carboxylic acids is 1. The third-order valence-corrected chi connectivity index (χ3v) is 3.14. The smallest absolute Gasteiger partial charge is 0.185 e. The van der Waals surface area contributed by atoms with Gasteiger partial charge < -0.3 is 9.84 Å². The number of ether oxygens (including phenoxy) is 1. The molecule has 0 heterocycles. The second kappa shape index (κ2) is 11.3. The number of benzene rings is 1. The van der Waals surface area contributed by atoms with Crippen molar-refractivity contribution in [3.05, 3.63) is 99.6 Å². The summed E-state index contributed by atoms with van der Waals surface area (Å²) in [6.45, 7) is 0. The van der Waals surface area contributed by atoms with Crippen LogP contribution in [0.5, 0.6) is 11.5 Å². The van der Waals surface area contributed by atoms with Crippen LogP contribution in [-0.4, -0.2) is 18.0 Å². The zero-order chi connectivity index (χ0) is 16.5. The summed E-state index contributed by atoms with van der Waals surface area (Å²) >= 11 is 0. The van der Waals surface area contributed by atoms with Crippen LogP contribution in [0.2, 0.25) is 0 Å². The summed E-state index contributed by atoms with van der Waals surface area (Å²) in [6.07, 6.45) is 20.9. The Labute approximate surface area is 156 Å². The fourth-order valence-corrected chi connectivity index (χ4v) is 1.92. The zero-order valence-corrected chi connectivity index (χ0v) is 14.3. The molecular formula is C20H18FeO3. The molecule has 0 unspecified atom stereocenters. The number of carbonyl (C=O) groups is 1. The fraction of sp³-hybridized carbons (Fsp3) is 0.0500. The first kappa shape index (κ1) is 20.8. The third kappa shape index (κ3) is 6.70. The number of rotatable bonds is 4. The monoisotopic (exact) mass is 362 g/mol. The van der Waals surface area contributed by atoms with Crippen molar-refractivity contribution < 1.29 is 31.7 Å². The third-order valence-electron chi connectivity index (χ3n) is 3.14. The fourth-order valence-electron chi connectivity index (χ4n) is 1.92. The average molecular weight is 362 g/mol. The number of hydrogen-bond donors (Lipinski definition) is 1. The number of phenols is 1. The van der Waals surface area contributed by atoms with E-state index >= 15 is 0 Å². The number of hydrogen-bond acceptors (Lipinski definition) is 3. The van der Waals surface area contributed by atoms with E-state index in [0.717, 1.165) is 5.92 Å². The average Bonchev–Trinajstić information content (AvgIpc) is 3.29. The van der Waals surface area contributed by atoms with Gasteiger partial charge in [-0.1, -0.05) is 6.08 Å². The first-order valence-corrected chi connectivity index (χ1v) is 7.18. The largest absolute Gasteiger partial charge is 0.504 e. The molecule has 1 aromatic carbocycles. The van der Waals surface area contributed by atoms with Crippen molar-refractivity contribution in [3.8, 4) is 11.5 Å². The molecule has 0 spiro atoms. The molecule has 0 saturated heterocycles. The SMILES string of the molecule is COc1cc(C(=O)/C=C/[C]2[CH][CH][CH][CH]2)ccc1O.[CH]1[CH][CH][CH][CH]1.[Fe]. The minimum absolute atomic E-state index is 0. The van der Waals surface area contributed by atoms with E-state index in [1.807, 2.05) is 57.8 Å². The van der Waals surface area contributed by atoms with Gasteiger partial charge in [-0.2, -0.15) is 0 Å². The van der Waals surface area contributed by atoms with E-state index in [1.165, 1.54) is 25.3 Å². The normalized spacial score (nSPS) is 17.2. The van der Waals surface area contributed by atoms with E-state index in [0.29, 0.717) is 11.3 Å². The number of aromatic hydroxyl groups is 1. The first-order valence-electron chi connectivity index (χ1n) is 7.18. The summed E-state index contributed by atoms with van der Waals surface area (Å²) < 4.78 is 4.96. The van der Waals surface area contributed by atoms with E-state index < -0.39 is 0 Å². The Morgan fingerprint density at radius 2 is 1.58 bits per heavy atom. The molecule has 3 nitrogen and oxygen atoms in total. The van der Waals surface area contributed by atoms with Crippen molar-refractivity contribution in [2.45, 2.75) is 0 Å². The van der Waals surface area contributed by atoms with Gasteiger partial charge in [-0.3, -0.25) is 4.79 Å². The molecule has 1 N–H and O–H groups in total. The molecule has 0 amide bonds. The predicted molar refractivity (Wildman–Crippen MR) is 90.1 cm³/mol. The van der Waals surface area contributed by atoms with Gasteiger partial charge in [0.25, 0.3) is 0 Å². The molecule has 0 aromatic heterocycles. The molecule has 2 aliphatic rings. The van der Waals surface area contributed by atoms with Gasteiger partial charge in [0.05, 0.1) is 7.11 Å². The van der Waals surface area contributed by atoms with Crippen molar-refractivity contribution in [1.29, 1.82) is 0 Å². The number of phenolic OH excluding ortho intramolecular Hbond substituents is 1. The van der Waals surface area contributed by atoms with E-state index in [-0.39, 0.29) is 28.6 Å². The Balaban J connectivity index is 0.000000412. The molecule has 10 radical (unpaired) electrons. The molecule has 3 rings (SSSR count). The summed E-state index contributed by atoms with van der Waals surface area (Å²) in [5.74, 6) is 1.17. The van der Waals surface area contributed by atoms with Crippen LogP contribution in [-0.2, 0) is 17.1 Å². The summed E-state index contributed by atoms with van der Waals surface area (Å²) in [5, 5.41) is 9.44. The van der Waals surface area contributed by atoms with Crippen molar-refractivity contribution >= 4 is 5.78 Å². The van der Waals surface area contributed by atoms with Crippen LogP contribution in [0.4, 0.5) is 0 Å². The minimum Gasteiger partial charge on any atom is -0.504 e. The second-order valence-corrected chi connectivity index (χ2v) is 4.76. The van der Waals surface area contributed by atoms with E-state index in [4.69, 9.17) is 4.74 Å². The summed E-state index contributed by atoms with van der Waals surface area (Å²) in [6, 6.07) is 4.53. The molecule has 1 aromatic rings. The molecule has 2 fully saturated rings. The van der Waals surface area contributed by atoms with Gasteiger partial charge in [-0.05, 0) is 82.1 Å². The van der Waals surface area contributed by atoms with Gasteiger partial charge in [-0.15, -0.1) is 0 Å². The Kier molecular flexibility index (Phi) is 9.82. The van der Waals surface area contributed by atoms with Crippen LogP contribution in [0, 0.1) is 63.7 Å². The van der Waals surface area contributed by atoms with Crippen LogP contribution in [0.15, 0.2) is 30.4 Å². The molecule has 0 atom stereocenters. The Hall–Kier alpha value is -1.25. The van der Waals surface area contributed by atoms with Crippen LogP contribution < -0.4 is 4.74 Å². The number of ketones is 1. The standard InChI is InChI=1S/C15H13O3.C5H5.Fe/c1-18-15-10-12(7-9-14(15)17)13(16)8-6-11-4-2-3-5-11;1-2-4-5-3-1;/h2-10,17H,1H3;1-5H;/b8-6+;;. The summed E-state index contributed by atoms with van der Waals surface area (Å²) in [7, 11) is 1.45. The Bertz CT molecular complexity index is 522. The van der Waals surface area contributed by atoms with Gasteiger partial charge in [0.1, 0.15) is 0 Å². The molecular weight excluding hydrogens is 344 g/mol. The molecule has 0 aliphatic heterocycles. The van der Waals surface area contributed by atoms with E-state index in [1.54, 1.807) is 12.1 Å². The molecule has 2 aliphatic carbocycles. The summed E-state index contributed by atoms with van der Waals surface area (Å²) in [5.41, 5.74) is 0.479. The van der Waals surface area contributed by atoms with Crippen LogP contribution >= 0.6 is 0 Å². The predicted octanol–water partition coefficient (Wildman–Crippen LogP) is 3.56. The van der Waals surface area contributed by atoms with Crippen LogP contribution in [0.25, 0.3) is 0 Å². The molecule has 0 bridgehead atoms. The topological polar surface area (TPSA) is 46.5 Å². The van der Waals surface area contributed by atoms with E-state index in [2.05, 4.69) is 0 Å². The van der Waals surface area contributed by atoms with Crippen LogP contribution in [0.1, 0.15) is 10.4 Å². The van der Waals surface area contributed by atoms with Crippen molar-refractivity contribution in [3.63, 3.8) is 0 Å². The first-order chi connectivity index (χ1) is 11.2. The number of allylic oxidation sites excluding steroid dienone is 2. The van der Waals surface area contributed by atoms with Gasteiger partial charge >= 0.3 is 0 Å². The Morgan fingerprint density at radius 1 is 1.00 bits per heavy atom. The second-order valence-electron chi connectivity index (χ2n) is 4.76. The maximum absolute atomic E-state index is 11.9. The van der Waals surface area contributed by atoms with E-state index in [9.17, 15) is 9.90 Å². The molecule has 24 heavy (non-hydrogen) atoms. The number of methoxy groups -OCH3 is 1. The zero-order valence-electron chi connectivity index (χ0n) is 13.2. The van der Waals surface area contributed by atoms with Gasteiger partial charge in [-0.25, -0.2) is 0 Å². The molecule has 4 heteroatoms. The maximum atomic E-state index is 11.9.